The molecule has 1 aliphatic rings. The fraction of sp³-hybridized carbons (Fsp3) is 0.115. The second-order valence-electron chi connectivity index (χ2n) is 7.73. The highest BCUT2D eigenvalue weighted by molar-refractivity contribution is 14.1. The molecular weight excluding hydrogens is 565 g/mol. The van der Waals surface area contributed by atoms with Crippen molar-refractivity contribution in [2.24, 2.45) is 0 Å². The lowest BCUT2D eigenvalue weighted by atomic mass is 10.1. The molecule has 0 radical (unpaired) electrons. The number of imide groups is 1. The van der Waals surface area contributed by atoms with Crippen LogP contribution in [0.15, 0.2) is 77.5 Å². The first-order valence-electron chi connectivity index (χ1n) is 10.6. The van der Waals surface area contributed by atoms with Crippen LogP contribution < -0.4 is 15.5 Å². The van der Waals surface area contributed by atoms with Gasteiger partial charge in [-0.1, -0.05) is 36.7 Å². The zero-order chi connectivity index (χ0) is 24.4. The van der Waals surface area contributed by atoms with Crippen molar-refractivity contribution in [1.29, 1.82) is 0 Å². The highest BCUT2D eigenvalue weighted by Crippen LogP contribution is 2.32. The zero-order valence-corrected chi connectivity index (χ0v) is 21.4. The Balaban J connectivity index is 1.50. The van der Waals surface area contributed by atoms with Crippen molar-refractivity contribution in [1.82, 2.24) is 0 Å². The molecule has 2 N–H and O–H groups in total. The van der Waals surface area contributed by atoms with Crippen LogP contribution >= 0.6 is 34.2 Å². The molecule has 6 nitrogen and oxygen atoms in total. The van der Waals surface area contributed by atoms with Crippen molar-refractivity contribution in [3.05, 3.63) is 97.7 Å². The maximum absolute atomic E-state index is 13.1. The predicted octanol–water partition coefficient (Wildman–Crippen LogP) is 5.85. The number of hydrogen-bond acceptors (Lipinski definition) is 4. The van der Waals surface area contributed by atoms with Crippen LogP contribution in [0.4, 0.5) is 17.1 Å². The van der Waals surface area contributed by atoms with Crippen LogP contribution in [0.3, 0.4) is 0 Å². The Kier molecular flexibility index (Phi) is 7.04. The number of anilines is 3. The first-order chi connectivity index (χ1) is 16.3. The van der Waals surface area contributed by atoms with Gasteiger partial charge >= 0.3 is 0 Å². The minimum absolute atomic E-state index is 0.00397. The number of carbonyl (C=O) groups is 3. The number of halogens is 2. The topological polar surface area (TPSA) is 78.5 Å². The summed E-state index contributed by atoms with van der Waals surface area (Å²) in [6, 6.07) is 19.6. The average Bonchev–Trinajstić information content (AvgIpc) is 3.04. The van der Waals surface area contributed by atoms with E-state index in [2.05, 4.69) is 33.2 Å². The van der Waals surface area contributed by atoms with Crippen LogP contribution in [-0.2, 0) is 16.0 Å². The van der Waals surface area contributed by atoms with E-state index in [1.807, 2.05) is 44.2 Å². The molecule has 0 saturated carbocycles. The molecule has 172 valence electrons. The van der Waals surface area contributed by atoms with Gasteiger partial charge in [0.2, 0.25) is 0 Å². The van der Waals surface area contributed by atoms with E-state index in [9.17, 15) is 14.4 Å². The molecule has 0 fully saturated rings. The third kappa shape index (κ3) is 4.71. The summed E-state index contributed by atoms with van der Waals surface area (Å²) in [7, 11) is 0. The summed E-state index contributed by atoms with van der Waals surface area (Å²) in [4.78, 5) is 39.6. The number of carbonyl (C=O) groups excluding carboxylic acids is 3. The maximum atomic E-state index is 13.1. The van der Waals surface area contributed by atoms with E-state index in [1.165, 1.54) is 0 Å². The number of nitrogens with one attached hydrogen (secondary N) is 2. The number of aryl methyl sites for hydroxylation is 2. The van der Waals surface area contributed by atoms with Crippen molar-refractivity contribution in [2.75, 3.05) is 15.5 Å². The van der Waals surface area contributed by atoms with Crippen molar-refractivity contribution in [3.63, 3.8) is 0 Å². The number of nitrogens with zero attached hydrogens (tertiary/aromatic N) is 1. The van der Waals surface area contributed by atoms with Gasteiger partial charge in [-0.3, -0.25) is 14.4 Å². The number of amides is 3. The largest absolute Gasteiger partial charge is 0.350 e. The van der Waals surface area contributed by atoms with Crippen LogP contribution in [0.25, 0.3) is 0 Å². The second-order valence-corrected chi connectivity index (χ2v) is 9.36. The van der Waals surface area contributed by atoms with Crippen molar-refractivity contribution >= 4 is 69.0 Å². The molecule has 0 aliphatic carbocycles. The third-order valence-corrected chi connectivity index (χ3v) is 6.52. The molecule has 0 saturated heterocycles. The molecule has 0 unspecified atom stereocenters. The van der Waals surface area contributed by atoms with Gasteiger partial charge in [-0.25, -0.2) is 4.90 Å². The molecule has 0 atom stereocenters. The fourth-order valence-electron chi connectivity index (χ4n) is 3.67. The minimum Gasteiger partial charge on any atom is -0.350 e. The molecule has 3 aromatic rings. The highest BCUT2D eigenvalue weighted by atomic mass is 127. The van der Waals surface area contributed by atoms with Gasteiger partial charge in [0.1, 0.15) is 10.7 Å². The normalized spacial score (nSPS) is 13.5. The second kappa shape index (κ2) is 9.99. The van der Waals surface area contributed by atoms with Gasteiger partial charge in [0.05, 0.1) is 5.69 Å². The van der Waals surface area contributed by atoms with E-state index in [1.54, 1.807) is 36.4 Å². The van der Waals surface area contributed by atoms with Gasteiger partial charge in [0.25, 0.3) is 17.7 Å². The molecule has 34 heavy (non-hydrogen) atoms. The van der Waals surface area contributed by atoms with Gasteiger partial charge in [-0.05, 0) is 95.6 Å². The van der Waals surface area contributed by atoms with Crippen LogP contribution in [0.5, 0.6) is 0 Å². The maximum Gasteiger partial charge on any atom is 0.283 e. The van der Waals surface area contributed by atoms with Crippen LogP contribution in [0.1, 0.15) is 28.4 Å². The Morgan fingerprint density at radius 3 is 2.38 bits per heavy atom. The molecule has 3 amide bonds. The first kappa shape index (κ1) is 24.0. The van der Waals surface area contributed by atoms with Crippen molar-refractivity contribution in [3.8, 4) is 0 Å². The molecule has 1 aliphatic heterocycles. The summed E-state index contributed by atoms with van der Waals surface area (Å²) < 4.78 is 1.09. The van der Waals surface area contributed by atoms with Crippen molar-refractivity contribution in [2.45, 2.75) is 20.3 Å². The monoisotopic (exact) mass is 585 g/mol. The summed E-state index contributed by atoms with van der Waals surface area (Å²) in [6.07, 6.45) is 0.666. The lowest BCUT2D eigenvalue weighted by molar-refractivity contribution is -0.120. The highest BCUT2D eigenvalue weighted by Gasteiger charge is 2.39. The summed E-state index contributed by atoms with van der Waals surface area (Å²) in [6.45, 7) is 3.89. The lowest BCUT2D eigenvalue weighted by Gasteiger charge is -2.18. The smallest absolute Gasteiger partial charge is 0.283 e. The fourth-order valence-corrected chi connectivity index (χ4v) is 4.53. The summed E-state index contributed by atoms with van der Waals surface area (Å²) in [5.41, 5.74) is 4.09. The quantitative estimate of drug-likeness (QED) is 0.281. The van der Waals surface area contributed by atoms with Crippen molar-refractivity contribution < 1.29 is 14.4 Å². The van der Waals surface area contributed by atoms with Gasteiger partial charge in [-0.15, -0.1) is 0 Å². The Labute approximate surface area is 216 Å². The molecule has 0 aromatic heterocycles. The summed E-state index contributed by atoms with van der Waals surface area (Å²) >= 11 is 8.47. The number of hydrogen-bond donors (Lipinski definition) is 2. The van der Waals surface area contributed by atoms with Gasteiger partial charge in [0, 0.05) is 20.5 Å². The Hall–Kier alpha value is -3.17. The number of rotatable bonds is 6. The third-order valence-electron chi connectivity index (χ3n) is 5.49. The van der Waals surface area contributed by atoms with E-state index in [0.29, 0.717) is 23.4 Å². The van der Waals surface area contributed by atoms with E-state index >= 15 is 0 Å². The first-order valence-corrected chi connectivity index (χ1v) is 12.1. The molecule has 3 aromatic carbocycles. The lowest BCUT2D eigenvalue weighted by Crippen LogP contribution is -2.33. The zero-order valence-electron chi connectivity index (χ0n) is 18.5. The Morgan fingerprint density at radius 2 is 1.71 bits per heavy atom. The van der Waals surface area contributed by atoms with E-state index in [-0.39, 0.29) is 16.6 Å². The molecular formula is C26H21ClIN3O3. The predicted molar refractivity (Wildman–Crippen MR) is 143 cm³/mol. The molecule has 0 spiro atoms. The molecule has 4 rings (SSSR count). The number of para-hydroxylation sites is 1. The summed E-state index contributed by atoms with van der Waals surface area (Å²) in [5, 5.41) is 5.67. The molecule has 8 heteroatoms. The van der Waals surface area contributed by atoms with Gasteiger partial charge in [-0.2, -0.15) is 0 Å². The molecule has 0 bridgehead atoms. The Morgan fingerprint density at radius 1 is 1.00 bits per heavy atom. The summed E-state index contributed by atoms with van der Waals surface area (Å²) in [5.74, 6) is -1.34. The van der Waals surface area contributed by atoms with E-state index in [4.69, 9.17) is 11.6 Å². The average molecular weight is 586 g/mol. The number of benzene rings is 3. The Bertz CT molecular complexity index is 1340. The minimum atomic E-state index is -0.570. The van der Waals surface area contributed by atoms with Gasteiger partial charge in [0.15, 0.2) is 0 Å². The van der Waals surface area contributed by atoms with Crippen LogP contribution in [-0.4, -0.2) is 17.7 Å². The standard InChI is InChI=1S/C26H21ClIN3O3/c1-3-16-6-4-5-7-21(16)31-25(33)22(27)23(26(31)34)29-19-11-8-17(9-12-19)24(32)30-20-13-10-18(28)14-15(20)2/h4-14,29H,3H2,1-2H3,(H,30,32). The molecule has 1 heterocycles. The SMILES string of the molecule is CCc1ccccc1N1C(=O)C(Cl)=C(Nc2ccc(C(=O)Nc3ccc(I)cc3C)cc2)C1=O. The van der Waals surface area contributed by atoms with Crippen LogP contribution in [0, 0.1) is 10.5 Å². The van der Waals surface area contributed by atoms with E-state index < -0.39 is 11.8 Å². The van der Waals surface area contributed by atoms with Gasteiger partial charge < -0.3 is 10.6 Å². The van der Waals surface area contributed by atoms with Crippen LogP contribution in [0.2, 0.25) is 0 Å². The van der Waals surface area contributed by atoms with E-state index in [0.717, 1.165) is 25.3 Å².